The highest BCUT2D eigenvalue weighted by atomic mass is 16.1. The van der Waals surface area contributed by atoms with E-state index in [1.807, 2.05) is 31.2 Å². The predicted octanol–water partition coefficient (Wildman–Crippen LogP) is 1.60. The summed E-state index contributed by atoms with van der Waals surface area (Å²) >= 11 is 0. The topological polar surface area (TPSA) is 55.1 Å². The van der Waals surface area contributed by atoms with E-state index < -0.39 is 0 Å². The van der Waals surface area contributed by atoms with Gasteiger partial charge in [0.05, 0.1) is 0 Å². The lowest BCUT2D eigenvalue weighted by Crippen LogP contribution is -2.43. The van der Waals surface area contributed by atoms with Crippen molar-refractivity contribution in [1.82, 2.24) is 5.32 Å². The minimum atomic E-state index is -0.00829. The highest BCUT2D eigenvalue weighted by Gasteiger charge is 2.25. The van der Waals surface area contributed by atoms with Crippen LogP contribution >= 0.6 is 0 Å². The second-order valence-corrected chi connectivity index (χ2v) is 4.54. The summed E-state index contributed by atoms with van der Waals surface area (Å²) in [6.45, 7) is 1.98. The molecule has 3 nitrogen and oxygen atoms in total. The Labute approximate surface area is 96.0 Å². The molecule has 3 N–H and O–H groups in total. The van der Waals surface area contributed by atoms with Crippen molar-refractivity contribution in [2.45, 2.75) is 38.3 Å². The Balaban J connectivity index is 2.03. The maximum Gasteiger partial charge on any atom is 0.251 e. The monoisotopic (exact) mass is 218 g/mol. The second-order valence-electron chi connectivity index (χ2n) is 4.54. The van der Waals surface area contributed by atoms with E-state index >= 15 is 0 Å². The third kappa shape index (κ3) is 2.42. The van der Waals surface area contributed by atoms with Gasteiger partial charge in [-0.15, -0.1) is 0 Å². The summed E-state index contributed by atoms with van der Waals surface area (Å²) in [5, 5.41) is 3.01. The summed E-state index contributed by atoms with van der Waals surface area (Å²) < 4.78 is 0. The van der Waals surface area contributed by atoms with Gasteiger partial charge in [0.25, 0.3) is 5.91 Å². The Bertz CT molecular complexity index is 389. The first kappa shape index (κ1) is 11.1. The molecule has 2 atom stereocenters. The van der Waals surface area contributed by atoms with E-state index in [2.05, 4.69) is 5.32 Å². The van der Waals surface area contributed by atoms with Crippen molar-refractivity contribution >= 4 is 5.91 Å². The molecule has 1 aliphatic rings. The number of aryl methyl sites for hydroxylation is 1. The minimum Gasteiger partial charge on any atom is -0.348 e. The molecule has 1 saturated carbocycles. The first-order valence-electron chi connectivity index (χ1n) is 5.80. The lowest BCUT2D eigenvalue weighted by molar-refractivity contribution is 0.0934. The molecule has 0 aliphatic heterocycles. The Hall–Kier alpha value is -1.35. The van der Waals surface area contributed by atoms with E-state index in [4.69, 9.17) is 5.73 Å². The van der Waals surface area contributed by atoms with Crippen LogP contribution in [0.3, 0.4) is 0 Å². The molecule has 1 aliphatic carbocycles. The SMILES string of the molecule is Cc1cccc(C(=O)NC2CCCC2N)c1. The first-order valence-corrected chi connectivity index (χ1v) is 5.80. The number of carbonyl (C=O) groups excluding carboxylic acids is 1. The number of amides is 1. The third-order valence-electron chi connectivity index (χ3n) is 3.17. The van der Waals surface area contributed by atoms with Gasteiger partial charge in [-0.25, -0.2) is 0 Å². The van der Waals surface area contributed by atoms with Gasteiger partial charge in [-0.05, 0) is 38.3 Å². The summed E-state index contributed by atoms with van der Waals surface area (Å²) in [6, 6.07) is 7.89. The van der Waals surface area contributed by atoms with Crippen molar-refractivity contribution in [3.8, 4) is 0 Å². The normalized spacial score (nSPS) is 24.4. The van der Waals surface area contributed by atoms with Crippen LogP contribution in [-0.4, -0.2) is 18.0 Å². The maximum absolute atomic E-state index is 11.9. The van der Waals surface area contributed by atoms with Crippen LogP contribution in [0.1, 0.15) is 35.2 Å². The van der Waals surface area contributed by atoms with Gasteiger partial charge in [0.1, 0.15) is 0 Å². The van der Waals surface area contributed by atoms with Gasteiger partial charge in [-0.2, -0.15) is 0 Å². The van der Waals surface area contributed by atoms with Crippen LogP contribution in [0, 0.1) is 6.92 Å². The fourth-order valence-corrected chi connectivity index (χ4v) is 2.21. The predicted molar refractivity (Wildman–Crippen MR) is 64.3 cm³/mol. The number of rotatable bonds is 2. The lowest BCUT2D eigenvalue weighted by atomic mass is 10.1. The number of hydrogen-bond acceptors (Lipinski definition) is 2. The van der Waals surface area contributed by atoms with Crippen LogP contribution in [0.15, 0.2) is 24.3 Å². The van der Waals surface area contributed by atoms with E-state index in [0.29, 0.717) is 0 Å². The summed E-state index contributed by atoms with van der Waals surface area (Å²) in [7, 11) is 0. The second kappa shape index (κ2) is 4.66. The Morgan fingerprint density at radius 2 is 2.25 bits per heavy atom. The fourth-order valence-electron chi connectivity index (χ4n) is 2.21. The molecule has 86 valence electrons. The average Bonchev–Trinajstić information content (AvgIpc) is 2.64. The standard InChI is InChI=1S/C13H18N2O/c1-9-4-2-5-10(8-9)13(16)15-12-7-3-6-11(12)14/h2,4-5,8,11-12H,3,6-7,14H2,1H3,(H,15,16). The summed E-state index contributed by atoms with van der Waals surface area (Å²) in [6.07, 6.45) is 3.12. The lowest BCUT2D eigenvalue weighted by Gasteiger charge is -2.17. The van der Waals surface area contributed by atoms with E-state index in [0.717, 1.165) is 30.4 Å². The van der Waals surface area contributed by atoms with Gasteiger partial charge in [0.2, 0.25) is 0 Å². The smallest absolute Gasteiger partial charge is 0.251 e. The maximum atomic E-state index is 11.9. The van der Waals surface area contributed by atoms with E-state index in [-0.39, 0.29) is 18.0 Å². The number of hydrogen-bond donors (Lipinski definition) is 2. The molecule has 2 rings (SSSR count). The molecule has 0 aromatic heterocycles. The number of nitrogens with two attached hydrogens (primary N) is 1. The van der Waals surface area contributed by atoms with E-state index in [1.54, 1.807) is 0 Å². The van der Waals surface area contributed by atoms with Gasteiger partial charge in [0.15, 0.2) is 0 Å². The number of carbonyl (C=O) groups is 1. The zero-order valence-corrected chi connectivity index (χ0v) is 9.57. The van der Waals surface area contributed by atoms with Crippen molar-refractivity contribution in [1.29, 1.82) is 0 Å². The summed E-state index contributed by atoms with van der Waals surface area (Å²) in [5.41, 5.74) is 7.74. The van der Waals surface area contributed by atoms with E-state index in [1.165, 1.54) is 0 Å². The summed E-state index contributed by atoms with van der Waals surface area (Å²) in [5.74, 6) is -0.00829. The fraction of sp³-hybridized carbons (Fsp3) is 0.462. The number of nitrogens with one attached hydrogen (secondary N) is 1. The Kier molecular flexibility index (Phi) is 3.25. The zero-order chi connectivity index (χ0) is 11.5. The highest BCUT2D eigenvalue weighted by molar-refractivity contribution is 5.94. The molecule has 3 heteroatoms. The van der Waals surface area contributed by atoms with Crippen molar-refractivity contribution in [2.75, 3.05) is 0 Å². The quantitative estimate of drug-likeness (QED) is 0.792. The molecule has 1 amide bonds. The van der Waals surface area contributed by atoms with Crippen molar-refractivity contribution in [3.05, 3.63) is 35.4 Å². The molecule has 0 radical (unpaired) electrons. The van der Waals surface area contributed by atoms with Gasteiger partial charge in [0, 0.05) is 17.6 Å². The third-order valence-corrected chi connectivity index (χ3v) is 3.17. The van der Waals surface area contributed by atoms with E-state index in [9.17, 15) is 4.79 Å². The molecule has 0 bridgehead atoms. The molecule has 0 saturated heterocycles. The molecule has 0 spiro atoms. The van der Waals surface area contributed by atoms with Crippen molar-refractivity contribution in [2.24, 2.45) is 5.73 Å². The molecule has 1 fully saturated rings. The molecule has 1 aromatic rings. The van der Waals surface area contributed by atoms with Gasteiger partial charge in [-0.1, -0.05) is 17.7 Å². The molecule has 16 heavy (non-hydrogen) atoms. The van der Waals surface area contributed by atoms with Gasteiger partial charge < -0.3 is 11.1 Å². The number of benzene rings is 1. The van der Waals surface area contributed by atoms with Crippen LogP contribution < -0.4 is 11.1 Å². The van der Waals surface area contributed by atoms with Crippen LogP contribution in [0.4, 0.5) is 0 Å². The van der Waals surface area contributed by atoms with Crippen LogP contribution in [0.25, 0.3) is 0 Å². The zero-order valence-electron chi connectivity index (χ0n) is 9.57. The Morgan fingerprint density at radius 1 is 1.44 bits per heavy atom. The van der Waals surface area contributed by atoms with Crippen molar-refractivity contribution in [3.63, 3.8) is 0 Å². The minimum absolute atomic E-state index is 0.00829. The highest BCUT2D eigenvalue weighted by Crippen LogP contribution is 2.17. The molecule has 0 heterocycles. The molecule has 2 unspecified atom stereocenters. The van der Waals surface area contributed by atoms with Crippen LogP contribution in [-0.2, 0) is 0 Å². The van der Waals surface area contributed by atoms with Crippen LogP contribution in [0.5, 0.6) is 0 Å². The largest absolute Gasteiger partial charge is 0.348 e. The van der Waals surface area contributed by atoms with Crippen LogP contribution in [0.2, 0.25) is 0 Å². The molecular weight excluding hydrogens is 200 g/mol. The van der Waals surface area contributed by atoms with Crippen molar-refractivity contribution < 1.29 is 4.79 Å². The summed E-state index contributed by atoms with van der Waals surface area (Å²) in [4.78, 5) is 11.9. The molecular formula is C13H18N2O. The van der Waals surface area contributed by atoms with Gasteiger partial charge in [-0.3, -0.25) is 4.79 Å². The first-order chi connectivity index (χ1) is 7.66. The Morgan fingerprint density at radius 3 is 2.88 bits per heavy atom. The average molecular weight is 218 g/mol. The van der Waals surface area contributed by atoms with Gasteiger partial charge >= 0.3 is 0 Å². The molecule has 1 aromatic carbocycles.